The molecule has 1 fully saturated rings. The molecule has 0 aliphatic carbocycles. The minimum absolute atomic E-state index is 0.411. The molecule has 1 aliphatic heterocycles. The standard InChI is InChI=1S/C35H40N4O2/c1-4-20-35(40-21-13-22-41-35)34-37-31-32(39(34)23-26(2)3)29-18-11-12-19-30(29)36-33(31)38(24-27-14-7-5-8-15-27)25-28-16-9-6-10-17-28/h5-12,14-19,26H,4,13,20-25H2,1-3H3. The molecule has 212 valence electrons. The number of para-hydroxylation sites is 1. The number of imidazole rings is 1. The number of nitrogens with zero attached hydrogens (tertiary/aromatic N) is 4. The summed E-state index contributed by atoms with van der Waals surface area (Å²) in [5.74, 6) is 1.30. The van der Waals surface area contributed by atoms with E-state index in [-0.39, 0.29) is 0 Å². The second-order valence-corrected chi connectivity index (χ2v) is 11.5. The van der Waals surface area contributed by atoms with Crippen molar-refractivity contribution in [2.75, 3.05) is 18.1 Å². The summed E-state index contributed by atoms with van der Waals surface area (Å²) in [6, 6.07) is 29.7. The molecule has 0 saturated carbocycles. The summed E-state index contributed by atoms with van der Waals surface area (Å²) < 4.78 is 15.4. The quantitative estimate of drug-likeness (QED) is 0.178. The maximum atomic E-state index is 6.51. The third kappa shape index (κ3) is 5.59. The number of aromatic nitrogens is 3. The number of fused-ring (bicyclic) bond motifs is 3. The second kappa shape index (κ2) is 12.0. The van der Waals surface area contributed by atoms with Crippen molar-refractivity contribution in [3.63, 3.8) is 0 Å². The number of ether oxygens (including phenoxy) is 2. The molecule has 1 saturated heterocycles. The first-order valence-electron chi connectivity index (χ1n) is 15.0. The molecule has 2 aromatic heterocycles. The Balaban J connectivity index is 1.62. The van der Waals surface area contributed by atoms with Gasteiger partial charge in [0.05, 0.1) is 24.2 Å². The van der Waals surface area contributed by atoms with Crippen molar-refractivity contribution >= 4 is 27.8 Å². The lowest BCUT2D eigenvalue weighted by molar-refractivity contribution is -0.285. The molecule has 3 heterocycles. The van der Waals surface area contributed by atoms with Gasteiger partial charge in [0.15, 0.2) is 11.6 Å². The van der Waals surface area contributed by atoms with Crippen molar-refractivity contribution < 1.29 is 9.47 Å². The molecule has 6 heteroatoms. The molecule has 0 bridgehead atoms. The van der Waals surface area contributed by atoms with E-state index >= 15 is 0 Å². The summed E-state index contributed by atoms with van der Waals surface area (Å²) >= 11 is 0. The van der Waals surface area contributed by atoms with E-state index in [1.54, 1.807) is 0 Å². The first-order chi connectivity index (χ1) is 20.1. The number of hydrogen-bond acceptors (Lipinski definition) is 5. The first-order valence-corrected chi connectivity index (χ1v) is 15.0. The van der Waals surface area contributed by atoms with Crippen LogP contribution >= 0.6 is 0 Å². The van der Waals surface area contributed by atoms with E-state index in [4.69, 9.17) is 19.4 Å². The van der Waals surface area contributed by atoms with Gasteiger partial charge in [-0.05, 0) is 29.5 Å². The largest absolute Gasteiger partial charge is 0.346 e. The van der Waals surface area contributed by atoms with Gasteiger partial charge >= 0.3 is 0 Å². The highest BCUT2D eigenvalue weighted by Gasteiger charge is 2.42. The van der Waals surface area contributed by atoms with Gasteiger partial charge in [-0.1, -0.05) is 106 Å². The van der Waals surface area contributed by atoms with E-state index in [1.165, 1.54) is 11.1 Å². The molecule has 0 spiro atoms. The topological polar surface area (TPSA) is 52.4 Å². The Morgan fingerprint density at radius 3 is 2.05 bits per heavy atom. The lowest BCUT2D eigenvalue weighted by Crippen LogP contribution is -2.40. The van der Waals surface area contributed by atoms with Crippen LogP contribution in [0.25, 0.3) is 21.9 Å². The second-order valence-electron chi connectivity index (χ2n) is 11.5. The molecule has 0 atom stereocenters. The Morgan fingerprint density at radius 2 is 1.44 bits per heavy atom. The summed E-state index contributed by atoms with van der Waals surface area (Å²) in [5.41, 5.74) is 5.44. The van der Waals surface area contributed by atoms with Gasteiger partial charge in [0.2, 0.25) is 5.79 Å². The average molecular weight is 549 g/mol. The van der Waals surface area contributed by atoms with Gasteiger partial charge in [-0.2, -0.15) is 0 Å². The number of pyridine rings is 1. The highest BCUT2D eigenvalue weighted by Crippen LogP contribution is 2.41. The molecular weight excluding hydrogens is 508 g/mol. The van der Waals surface area contributed by atoms with Gasteiger partial charge in [-0.15, -0.1) is 0 Å². The van der Waals surface area contributed by atoms with Crippen LogP contribution in [-0.2, 0) is 34.9 Å². The molecule has 41 heavy (non-hydrogen) atoms. The van der Waals surface area contributed by atoms with Crippen molar-refractivity contribution in [3.8, 4) is 0 Å². The Labute approximate surface area is 242 Å². The Bertz CT molecular complexity index is 1540. The highest BCUT2D eigenvalue weighted by molar-refractivity contribution is 6.07. The molecule has 5 aromatic rings. The third-order valence-corrected chi connectivity index (χ3v) is 7.72. The van der Waals surface area contributed by atoms with Gasteiger partial charge in [0.25, 0.3) is 0 Å². The Kier molecular flexibility index (Phi) is 8.04. The van der Waals surface area contributed by atoms with Crippen molar-refractivity contribution in [1.82, 2.24) is 14.5 Å². The lowest BCUT2D eigenvalue weighted by atomic mass is 10.1. The smallest absolute Gasteiger partial charge is 0.228 e. The fourth-order valence-corrected chi connectivity index (χ4v) is 5.98. The molecule has 0 radical (unpaired) electrons. The van der Waals surface area contributed by atoms with E-state index < -0.39 is 5.79 Å². The number of anilines is 1. The SMILES string of the molecule is CCCC1(c2nc3c(N(Cc4ccccc4)Cc4ccccc4)nc4ccccc4c3n2CC(C)C)OCCCO1. The zero-order chi connectivity index (χ0) is 28.2. The van der Waals surface area contributed by atoms with Crippen LogP contribution in [0, 0.1) is 5.92 Å². The molecule has 6 nitrogen and oxygen atoms in total. The van der Waals surface area contributed by atoms with Crippen LogP contribution < -0.4 is 4.90 Å². The van der Waals surface area contributed by atoms with Crippen LogP contribution in [0.2, 0.25) is 0 Å². The van der Waals surface area contributed by atoms with Gasteiger partial charge in [-0.3, -0.25) is 0 Å². The van der Waals surface area contributed by atoms with Gasteiger partial charge in [-0.25, -0.2) is 9.97 Å². The van der Waals surface area contributed by atoms with Crippen LogP contribution in [0.15, 0.2) is 84.9 Å². The molecule has 1 aliphatic rings. The average Bonchev–Trinajstić information content (AvgIpc) is 3.38. The number of hydrogen-bond donors (Lipinski definition) is 0. The fraction of sp³-hybridized carbons (Fsp3) is 0.371. The predicted octanol–water partition coefficient (Wildman–Crippen LogP) is 7.84. The molecule has 3 aromatic carbocycles. The first kappa shape index (κ1) is 27.4. The zero-order valence-corrected chi connectivity index (χ0v) is 24.4. The molecule has 0 amide bonds. The maximum Gasteiger partial charge on any atom is 0.228 e. The molecule has 0 N–H and O–H groups in total. The summed E-state index contributed by atoms with van der Waals surface area (Å²) in [5, 5.41) is 1.10. The number of rotatable bonds is 10. The minimum atomic E-state index is -0.858. The zero-order valence-electron chi connectivity index (χ0n) is 24.4. The molecular formula is C35H40N4O2. The van der Waals surface area contributed by atoms with Crippen molar-refractivity contribution in [1.29, 1.82) is 0 Å². The Morgan fingerprint density at radius 1 is 0.829 bits per heavy atom. The van der Waals surface area contributed by atoms with Crippen LogP contribution in [0.1, 0.15) is 57.0 Å². The summed E-state index contributed by atoms with van der Waals surface area (Å²) in [6.45, 7) is 10.3. The van der Waals surface area contributed by atoms with E-state index in [2.05, 4.69) is 115 Å². The lowest BCUT2D eigenvalue weighted by Gasteiger charge is -2.37. The van der Waals surface area contributed by atoms with Gasteiger partial charge in [0, 0.05) is 31.4 Å². The Hall–Kier alpha value is -3.74. The maximum absolute atomic E-state index is 6.51. The third-order valence-electron chi connectivity index (χ3n) is 7.72. The monoisotopic (exact) mass is 548 g/mol. The van der Waals surface area contributed by atoms with E-state index in [9.17, 15) is 0 Å². The van der Waals surface area contributed by atoms with E-state index in [0.29, 0.717) is 19.1 Å². The summed E-state index contributed by atoms with van der Waals surface area (Å²) in [4.78, 5) is 13.1. The van der Waals surface area contributed by atoms with Gasteiger partial charge in [0.1, 0.15) is 5.52 Å². The molecule has 0 unspecified atom stereocenters. The van der Waals surface area contributed by atoms with Gasteiger partial charge < -0.3 is 18.9 Å². The van der Waals surface area contributed by atoms with Crippen molar-refractivity contribution in [2.24, 2.45) is 5.92 Å². The van der Waals surface area contributed by atoms with E-state index in [0.717, 1.165) is 72.5 Å². The van der Waals surface area contributed by atoms with Crippen molar-refractivity contribution in [3.05, 3.63) is 102 Å². The highest BCUT2D eigenvalue weighted by atomic mass is 16.7. The van der Waals surface area contributed by atoms with Crippen LogP contribution in [0.5, 0.6) is 0 Å². The fourth-order valence-electron chi connectivity index (χ4n) is 5.98. The summed E-state index contributed by atoms with van der Waals surface area (Å²) in [7, 11) is 0. The number of benzene rings is 3. The van der Waals surface area contributed by atoms with E-state index in [1.807, 2.05) is 0 Å². The normalized spacial score (nSPS) is 15.1. The summed E-state index contributed by atoms with van der Waals surface area (Å²) in [6.07, 6.45) is 2.59. The van der Waals surface area contributed by atoms with Crippen LogP contribution in [0.3, 0.4) is 0 Å². The minimum Gasteiger partial charge on any atom is -0.346 e. The van der Waals surface area contributed by atoms with Crippen LogP contribution in [0.4, 0.5) is 5.82 Å². The molecule has 6 rings (SSSR count). The predicted molar refractivity (Wildman–Crippen MR) is 166 cm³/mol. The van der Waals surface area contributed by atoms with Crippen LogP contribution in [-0.4, -0.2) is 27.7 Å². The van der Waals surface area contributed by atoms with Crippen molar-refractivity contribution in [2.45, 2.75) is 65.5 Å².